The Morgan fingerprint density at radius 2 is 1.79 bits per heavy atom. The van der Waals surface area contributed by atoms with Crippen molar-refractivity contribution < 1.29 is 27.1 Å². The Labute approximate surface area is 136 Å². The lowest BCUT2D eigenvalue weighted by molar-refractivity contribution is -0.144. The molecule has 0 amide bonds. The molecule has 3 rings (SSSR count). The fraction of sp³-hybridized carbons (Fsp3) is 0.0667. The molecule has 0 spiro atoms. The smallest absolute Gasteiger partial charge is 0.451 e. The highest BCUT2D eigenvalue weighted by molar-refractivity contribution is 6.34. The van der Waals surface area contributed by atoms with Crippen LogP contribution in [0.4, 0.5) is 22.0 Å². The quantitative estimate of drug-likeness (QED) is 0.624. The van der Waals surface area contributed by atoms with Crippen molar-refractivity contribution in [3.63, 3.8) is 0 Å². The van der Waals surface area contributed by atoms with Gasteiger partial charge >= 0.3 is 6.18 Å². The summed E-state index contributed by atoms with van der Waals surface area (Å²) in [4.78, 5) is 6.27. The molecule has 0 unspecified atom stereocenters. The molecule has 3 nitrogen and oxygen atoms in total. The van der Waals surface area contributed by atoms with Crippen molar-refractivity contribution in [2.75, 3.05) is 0 Å². The van der Waals surface area contributed by atoms with Gasteiger partial charge in [-0.2, -0.15) is 13.2 Å². The number of halogens is 6. The third kappa shape index (κ3) is 2.62. The Morgan fingerprint density at radius 3 is 2.42 bits per heavy atom. The lowest BCUT2D eigenvalue weighted by Crippen LogP contribution is -2.11. The van der Waals surface area contributed by atoms with Crippen LogP contribution in [0.2, 0.25) is 5.02 Å². The van der Waals surface area contributed by atoms with Crippen molar-refractivity contribution in [1.82, 2.24) is 9.97 Å². The minimum atomic E-state index is -4.87. The summed E-state index contributed by atoms with van der Waals surface area (Å²) < 4.78 is 66.8. The van der Waals surface area contributed by atoms with Crippen LogP contribution in [0.25, 0.3) is 22.0 Å². The molecule has 0 atom stereocenters. The van der Waals surface area contributed by atoms with Crippen molar-refractivity contribution in [1.29, 1.82) is 0 Å². The summed E-state index contributed by atoms with van der Waals surface area (Å²) in [6.07, 6.45) is -4.11. The standard InChI is InChI=1S/C15H6ClF5N2O/c16-7-4-6-5-22-14(15(19,20)21)23-13(6)12(18)10(7)11-8(17)2-1-3-9(11)24/h1-5,24H. The summed E-state index contributed by atoms with van der Waals surface area (Å²) >= 11 is 5.92. The molecule has 1 heterocycles. The summed E-state index contributed by atoms with van der Waals surface area (Å²) in [5, 5.41) is 9.38. The average Bonchev–Trinajstić information content (AvgIpc) is 2.48. The number of phenols is 1. The molecule has 0 saturated heterocycles. The molecular weight excluding hydrogens is 355 g/mol. The maximum Gasteiger partial charge on any atom is 0.451 e. The molecule has 124 valence electrons. The van der Waals surface area contributed by atoms with E-state index in [4.69, 9.17) is 11.6 Å². The van der Waals surface area contributed by atoms with Gasteiger partial charge in [-0.1, -0.05) is 17.7 Å². The topological polar surface area (TPSA) is 46.0 Å². The number of aromatic nitrogens is 2. The first-order chi connectivity index (χ1) is 11.2. The summed E-state index contributed by atoms with van der Waals surface area (Å²) in [6.45, 7) is 0. The maximum absolute atomic E-state index is 14.7. The van der Waals surface area contributed by atoms with Crippen LogP contribution < -0.4 is 0 Å². The van der Waals surface area contributed by atoms with Crippen LogP contribution in [0.3, 0.4) is 0 Å². The predicted octanol–water partition coefficient (Wildman–Crippen LogP) is 4.95. The van der Waals surface area contributed by atoms with E-state index in [0.717, 1.165) is 24.4 Å². The van der Waals surface area contributed by atoms with Crippen molar-refractivity contribution in [2.45, 2.75) is 6.18 Å². The lowest BCUT2D eigenvalue weighted by atomic mass is 10.0. The molecule has 0 fully saturated rings. The summed E-state index contributed by atoms with van der Waals surface area (Å²) in [6, 6.07) is 4.34. The van der Waals surface area contributed by atoms with E-state index in [9.17, 15) is 27.1 Å². The second-order valence-electron chi connectivity index (χ2n) is 4.81. The molecule has 0 aliphatic carbocycles. The number of hydrogen-bond acceptors (Lipinski definition) is 3. The van der Waals surface area contributed by atoms with Crippen LogP contribution in [0.5, 0.6) is 5.75 Å². The van der Waals surface area contributed by atoms with Crippen LogP contribution >= 0.6 is 11.6 Å². The van der Waals surface area contributed by atoms with Gasteiger partial charge in [0.1, 0.15) is 17.1 Å². The number of hydrogen-bond donors (Lipinski definition) is 1. The molecule has 2 aromatic carbocycles. The van der Waals surface area contributed by atoms with Crippen molar-refractivity contribution >= 4 is 22.5 Å². The van der Waals surface area contributed by atoms with Gasteiger partial charge in [0.2, 0.25) is 5.82 Å². The number of nitrogens with zero attached hydrogens (tertiary/aromatic N) is 2. The van der Waals surface area contributed by atoms with Crippen molar-refractivity contribution in [2.24, 2.45) is 0 Å². The van der Waals surface area contributed by atoms with Crippen molar-refractivity contribution in [3.8, 4) is 16.9 Å². The van der Waals surface area contributed by atoms with E-state index < -0.39 is 46.0 Å². The SMILES string of the molecule is Oc1cccc(F)c1-c1c(Cl)cc2cnc(C(F)(F)F)nc2c1F. The third-order valence-electron chi connectivity index (χ3n) is 3.26. The van der Waals surface area contributed by atoms with Crippen LogP contribution in [-0.4, -0.2) is 15.1 Å². The van der Waals surface area contributed by atoms with Gasteiger partial charge < -0.3 is 5.11 Å². The van der Waals surface area contributed by atoms with E-state index in [2.05, 4.69) is 9.97 Å². The van der Waals surface area contributed by atoms with Gasteiger partial charge in [0.25, 0.3) is 0 Å². The second kappa shape index (κ2) is 5.55. The Bertz CT molecular complexity index is 938. The molecule has 24 heavy (non-hydrogen) atoms. The Balaban J connectivity index is 2.37. The number of phenolic OH excluding ortho intramolecular Hbond substituents is 1. The zero-order valence-electron chi connectivity index (χ0n) is 11.5. The molecule has 1 aromatic heterocycles. The van der Waals surface area contributed by atoms with E-state index in [-0.39, 0.29) is 10.4 Å². The molecule has 1 N–H and O–H groups in total. The van der Waals surface area contributed by atoms with Gasteiger partial charge in [-0.25, -0.2) is 18.7 Å². The number of rotatable bonds is 1. The highest BCUT2D eigenvalue weighted by Gasteiger charge is 2.35. The van der Waals surface area contributed by atoms with Gasteiger partial charge in [-0.3, -0.25) is 0 Å². The summed E-state index contributed by atoms with van der Waals surface area (Å²) in [5.74, 6) is -4.42. The van der Waals surface area contributed by atoms with Gasteiger partial charge in [0.15, 0.2) is 5.82 Å². The molecule has 0 aliphatic rings. The van der Waals surface area contributed by atoms with Gasteiger partial charge in [0.05, 0.1) is 10.6 Å². The number of aromatic hydroxyl groups is 1. The third-order valence-corrected chi connectivity index (χ3v) is 3.56. The number of fused-ring (bicyclic) bond motifs is 1. The van der Waals surface area contributed by atoms with Crippen LogP contribution in [-0.2, 0) is 6.18 Å². The van der Waals surface area contributed by atoms with Gasteiger partial charge in [0, 0.05) is 17.1 Å². The van der Waals surface area contributed by atoms with Gasteiger partial charge in [-0.15, -0.1) is 0 Å². The fourth-order valence-corrected chi connectivity index (χ4v) is 2.53. The first-order valence-corrected chi connectivity index (χ1v) is 6.77. The second-order valence-corrected chi connectivity index (χ2v) is 5.22. The molecule has 0 bridgehead atoms. The average molecular weight is 361 g/mol. The van der Waals surface area contributed by atoms with Crippen molar-refractivity contribution in [3.05, 3.63) is 52.9 Å². The molecule has 3 aromatic rings. The van der Waals surface area contributed by atoms with Gasteiger partial charge in [-0.05, 0) is 18.2 Å². The van der Waals surface area contributed by atoms with E-state index in [0.29, 0.717) is 0 Å². The highest BCUT2D eigenvalue weighted by atomic mass is 35.5. The Kier molecular flexibility index (Phi) is 3.79. The highest BCUT2D eigenvalue weighted by Crippen LogP contribution is 2.41. The first-order valence-electron chi connectivity index (χ1n) is 6.40. The molecule has 0 saturated carbocycles. The van der Waals surface area contributed by atoms with E-state index in [1.165, 1.54) is 6.07 Å². The van der Waals surface area contributed by atoms with Crippen LogP contribution in [0, 0.1) is 11.6 Å². The predicted molar refractivity (Wildman–Crippen MR) is 76.6 cm³/mol. The summed E-state index contributed by atoms with van der Waals surface area (Å²) in [5.41, 5.74) is -1.82. The van der Waals surface area contributed by atoms with E-state index in [1.807, 2.05) is 0 Å². The van der Waals surface area contributed by atoms with Crippen LogP contribution in [0.15, 0.2) is 30.5 Å². The molecule has 9 heteroatoms. The molecule has 0 radical (unpaired) electrons. The number of benzene rings is 2. The fourth-order valence-electron chi connectivity index (χ4n) is 2.23. The Hall–Kier alpha value is -2.48. The summed E-state index contributed by atoms with van der Waals surface area (Å²) in [7, 11) is 0. The number of alkyl halides is 3. The zero-order chi connectivity index (χ0) is 17.6. The van der Waals surface area contributed by atoms with E-state index in [1.54, 1.807) is 0 Å². The molecule has 0 aliphatic heterocycles. The normalized spacial score (nSPS) is 11.9. The first kappa shape index (κ1) is 16.4. The minimum Gasteiger partial charge on any atom is -0.507 e. The Morgan fingerprint density at radius 1 is 1.08 bits per heavy atom. The molecular formula is C15H6ClF5N2O. The van der Waals surface area contributed by atoms with Crippen LogP contribution in [0.1, 0.15) is 5.82 Å². The lowest BCUT2D eigenvalue weighted by Gasteiger charge is -2.12. The maximum atomic E-state index is 14.7. The van der Waals surface area contributed by atoms with E-state index >= 15 is 0 Å². The largest absolute Gasteiger partial charge is 0.507 e. The zero-order valence-corrected chi connectivity index (χ0v) is 12.3. The minimum absolute atomic E-state index is 0.0925. The monoisotopic (exact) mass is 360 g/mol.